The van der Waals surface area contributed by atoms with Crippen molar-refractivity contribution < 1.29 is 19.2 Å². The molecule has 4 aromatic carbocycles. The zero-order valence-electron chi connectivity index (χ0n) is 39.0. The van der Waals surface area contributed by atoms with Gasteiger partial charge in [0, 0.05) is 71.6 Å². The highest BCUT2D eigenvalue weighted by Gasteiger charge is 2.49. The van der Waals surface area contributed by atoms with E-state index in [-0.39, 0.29) is 59.6 Å². The van der Waals surface area contributed by atoms with Gasteiger partial charge in [0.05, 0.1) is 23.9 Å². The van der Waals surface area contributed by atoms with Crippen LogP contribution in [0.1, 0.15) is 148 Å². The van der Waals surface area contributed by atoms with Crippen molar-refractivity contribution in [3.05, 3.63) is 131 Å². The van der Waals surface area contributed by atoms with Gasteiger partial charge in [-0.05, 0) is 98.9 Å². The van der Waals surface area contributed by atoms with E-state index in [1.807, 2.05) is 60.7 Å². The van der Waals surface area contributed by atoms with Crippen molar-refractivity contribution in [2.24, 2.45) is 23.7 Å². The first-order valence-corrected chi connectivity index (χ1v) is 25.4. The summed E-state index contributed by atoms with van der Waals surface area (Å²) in [6.45, 7) is 6.08. The van der Waals surface area contributed by atoms with Crippen LogP contribution in [0.15, 0.2) is 109 Å². The number of benzene rings is 4. The highest BCUT2D eigenvalue weighted by Crippen LogP contribution is 2.50. The standard InChI is InChI=1S/2C28H35N3O2/c2*1-2-10-23-21-17-18-31(26(21)20-13-6-8-15-24(20)29-23)28(33)22-14-7-9-16-25(22)30-27(32)19-11-4-3-5-12-19/h2*3-6,8,11-13,15,21-23,25-26,29H,2,7,9-10,14,16-18H2,1H3,(H,30,32)/t21-,22+,23+,25-,26+;21-,22-,23+,25+,26+/m10/s1. The number of anilines is 2. The van der Waals surface area contributed by atoms with E-state index in [1.165, 1.54) is 22.5 Å². The summed E-state index contributed by atoms with van der Waals surface area (Å²) >= 11 is 0. The molecule has 2 saturated heterocycles. The maximum atomic E-state index is 14.0. The number of nitrogens with zero attached hydrogens (tertiary/aromatic N) is 2. The largest absolute Gasteiger partial charge is 0.382 e. The molecule has 0 bridgehead atoms. The summed E-state index contributed by atoms with van der Waals surface area (Å²) in [5.41, 5.74) is 6.17. The lowest BCUT2D eigenvalue weighted by atomic mass is 9.80. The van der Waals surface area contributed by atoms with Crippen LogP contribution in [-0.2, 0) is 9.59 Å². The van der Waals surface area contributed by atoms with Crippen LogP contribution in [0, 0.1) is 23.7 Å². The summed E-state index contributed by atoms with van der Waals surface area (Å²) in [7, 11) is 0. The summed E-state index contributed by atoms with van der Waals surface area (Å²) in [6.07, 6.45) is 14.2. The van der Waals surface area contributed by atoms with Crippen molar-refractivity contribution >= 4 is 35.0 Å². The molecule has 348 valence electrons. The van der Waals surface area contributed by atoms with Crippen molar-refractivity contribution in [1.82, 2.24) is 20.4 Å². The fraction of sp³-hybridized carbons (Fsp3) is 0.500. The zero-order chi connectivity index (χ0) is 45.6. The summed E-state index contributed by atoms with van der Waals surface area (Å²) in [6, 6.07) is 36.6. The Morgan fingerprint density at radius 2 is 0.879 bits per heavy atom. The number of fused-ring (bicyclic) bond motifs is 6. The van der Waals surface area contributed by atoms with E-state index in [0.717, 1.165) is 103 Å². The molecule has 0 aromatic heterocycles. The molecule has 0 radical (unpaired) electrons. The Balaban J connectivity index is 0.000000166. The number of likely N-dealkylation sites (tertiary alicyclic amines) is 2. The van der Waals surface area contributed by atoms with Crippen LogP contribution in [-0.4, -0.2) is 70.7 Å². The highest BCUT2D eigenvalue weighted by atomic mass is 16.2. The molecule has 6 aliphatic rings. The van der Waals surface area contributed by atoms with Crippen molar-refractivity contribution in [2.45, 2.75) is 140 Å². The fourth-order valence-electron chi connectivity index (χ4n) is 12.7. The van der Waals surface area contributed by atoms with Gasteiger partial charge in [0.2, 0.25) is 11.8 Å². The zero-order valence-corrected chi connectivity index (χ0v) is 39.0. The first-order chi connectivity index (χ1) is 32.3. The Morgan fingerprint density at radius 1 is 0.500 bits per heavy atom. The van der Waals surface area contributed by atoms with Gasteiger partial charge in [-0.15, -0.1) is 0 Å². The van der Waals surface area contributed by atoms with Crippen molar-refractivity contribution in [3.63, 3.8) is 0 Å². The van der Waals surface area contributed by atoms with Crippen LogP contribution in [0.2, 0.25) is 0 Å². The second-order valence-electron chi connectivity index (χ2n) is 19.8. The molecule has 10 nitrogen and oxygen atoms in total. The molecule has 4 heterocycles. The van der Waals surface area contributed by atoms with E-state index in [4.69, 9.17) is 0 Å². The Labute approximate surface area is 392 Å². The fourth-order valence-corrected chi connectivity index (χ4v) is 12.7. The summed E-state index contributed by atoms with van der Waals surface area (Å²) < 4.78 is 0. The molecule has 4 amide bonds. The molecule has 4 aromatic rings. The van der Waals surface area contributed by atoms with Crippen LogP contribution in [0.3, 0.4) is 0 Å². The first-order valence-electron chi connectivity index (χ1n) is 25.4. The third kappa shape index (κ3) is 9.47. The van der Waals surface area contributed by atoms with E-state index >= 15 is 0 Å². The van der Waals surface area contributed by atoms with Gasteiger partial charge in [0.1, 0.15) is 0 Å². The van der Waals surface area contributed by atoms with Gasteiger partial charge in [0.15, 0.2) is 0 Å². The normalized spacial score (nSPS) is 28.4. The van der Waals surface area contributed by atoms with Crippen LogP contribution >= 0.6 is 0 Å². The first kappa shape index (κ1) is 45.5. The average molecular weight is 891 g/mol. The van der Waals surface area contributed by atoms with Gasteiger partial charge in [-0.25, -0.2) is 0 Å². The maximum absolute atomic E-state index is 14.0. The van der Waals surface area contributed by atoms with Crippen LogP contribution < -0.4 is 21.3 Å². The van der Waals surface area contributed by atoms with Gasteiger partial charge in [-0.2, -0.15) is 0 Å². The van der Waals surface area contributed by atoms with Crippen molar-refractivity contribution in [1.29, 1.82) is 0 Å². The second-order valence-corrected chi connectivity index (χ2v) is 19.8. The summed E-state index contributed by atoms with van der Waals surface area (Å²) in [4.78, 5) is 58.1. The lowest BCUT2D eigenvalue weighted by Crippen LogP contribution is -2.50. The molecule has 0 unspecified atom stereocenters. The lowest BCUT2D eigenvalue weighted by molar-refractivity contribution is -0.139. The molecule has 66 heavy (non-hydrogen) atoms. The van der Waals surface area contributed by atoms with Crippen LogP contribution in [0.4, 0.5) is 11.4 Å². The number of nitrogens with one attached hydrogen (secondary N) is 4. The minimum absolute atomic E-state index is 0.0742. The average Bonchev–Trinajstić information content (AvgIpc) is 4.02. The molecule has 10 atom stereocenters. The third-order valence-corrected chi connectivity index (χ3v) is 15.8. The van der Waals surface area contributed by atoms with E-state index in [2.05, 4.69) is 93.4 Å². The van der Waals surface area contributed by atoms with Gasteiger partial charge < -0.3 is 31.1 Å². The van der Waals surface area contributed by atoms with Crippen molar-refractivity contribution in [2.75, 3.05) is 23.7 Å². The van der Waals surface area contributed by atoms with Crippen LogP contribution in [0.5, 0.6) is 0 Å². The number of amides is 4. The van der Waals surface area contributed by atoms with Gasteiger partial charge in [0.25, 0.3) is 11.8 Å². The Bertz CT molecular complexity index is 2140. The molecule has 4 aliphatic heterocycles. The molecule has 0 spiro atoms. The topological polar surface area (TPSA) is 123 Å². The Kier molecular flexibility index (Phi) is 14.4. The number of hydrogen-bond donors (Lipinski definition) is 4. The number of carbonyl (C=O) groups excluding carboxylic acids is 4. The number of carbonyl (C=O) groups is 4. The predicted molar refractivity (Wildman–Crippen MR) is 262 cm³/mol. The summed E-state index contributed by atoms with van der Waals surface area (Å²) in [5, 5.41) is 14.0. The maximum Gasteiger partial charge on any atom is 0.251 e. The molecule has 4 fully saturated rings. The quantitative estimate of drug-likeness (QED) is 0.126. The van der Waals surface area contributed by atoms with E-state index in [1.54, 1.807) is 0 Å². The van der Waals surface area contributed by atoms with E-state index in [0.29, 0.717) is 35.0 Å². The number of hydrogen-bond acceptors (Lipinski definition) is 6. The molecule has 10 heteroatoms. The molecule has 2 saturated carbocycles. The van der Waals surface area contributed by atoms with Gasteiger partial charge >= 0.3 is 0 Å². The third-order valence-electron chi connectivity index (χ3n) is 15.8. The predicted octanol–water partition coefficient (Wildman–Crippen LogP) is 10.3. The monoisotopic (exact) mass is 891 g/mol. The molecule has 2 aliphatic carbocycles. The Hall–Kier alpha value is -5.64. The molecule has 4 N–H and O–H groups in total. The minimum atomic E-state index is -0.142. The van der Waals surface area contributed by atoms with E-state index < -0.39 is 0 Å². The molecular formula is C56H70N6O4. The highest BCUT2D eigenvalue weighted by molar-refractivity contribution is 5.95. The van der Waals surface area contributed by atoms with Gasteiger partial charge in [-0.3, -0.25) is 19.2 Å². The minimum Gasteiger partial charge on any atom is -0.382 e. The number of rotatable bonds is 10. The van der Waals surface area contributed by atoms with E-state index in [9.17, 15) is 19.2 Å². The molecular weight excluding hydrogens is 821 g/mol. The lowest BCUT2D eigenvalue weighted by Gasteiger charge is -2.42. The Morgan fingerprint density at radius 3 is 1.29 bits per heavy atom. The SMILES string of the molecule is CCC[C@@H]1Nc2ccccc2[C@H]2[C@@H]1CCN2C(=O)[C@H]1CCCC[C@H]1NC(=O)c1ccccc1.CCC[C@H]1Nc2ccccc2[C@@H]2[C@H]1CCN2C(=O)[C@H]1CCCC[C@H]1NC(=O)c1ccccc1. The smallest absolute Gasteiger partial charge is 0.251 e. The summed E-state index contributed by atoms with van der Waals surface area (Å²) in [5.74, 6) is 0.924. The van der Waals surface area contributed by atoms with Crippen molar-refractivity contribution in [3.8, 4) is 0 Å². The van der Waals surface area contributed by atoms with Crippen LogP contribution in [0.25, 0.3) is 0 Å². The number of para-hydroxylation sites is 2. The van der Waals surface area contributed by atoms with Gasteiger partial charge in [-0.1, -0.05) is 125 Å². The molecule has 10 rings (SSSR count). The second kappa shape index (κ2) is 20.9.